The first-order valence-electron chi connectivity index (χ1n) is 9.12. The van der Waals surface area contributed by atoms with E-state index in [1.807, 2.05) is 25.1 Å². The molecule has 8 heteroatoms. The molecule has 0 aliphatic carbocycles. The maximum atomic E-state index is 12.7. The first-order chi connectivity index (χ1) is 14.5. The summed E-state index contributed by atoms with van der Waals surface area (Å²) >= 11 is 0. The van der Waals surface area contributed by atoms with Crippen molar-refractivity contribution in [3.8, 4) is 22.9 Å². The lowest BCUT2D eigenvalue weighted by Gasteiger charge is -2.12. The minimum atomic E-state index is -3.85. The van der Waals surface area contributed by atoms with Crippen molar-refractivity contribution in [3.05, 3.63) is 90.8 Å². The number of nitrogens with zero attached hydrogens (tertiary/aromatic N) is 3. The van der Waals surface area contributed by atoms with Crippen molar-refractivity contribution in [2.75, 3.05) is 4.72 Å². The van der Waals surface area contributed by atoms with Gasteiger partial charge in [-0.1, -0.05) is 36.4 Å². The van der Waals surface area contributed by atoms with Crippen LogP contribution in [0.5, 0.6) is 11.6 Å². The van der Waals surface area contributed by atoms with Crippen LogP contribution in [-0.4, -0.2) is 23.4 Å². The van der Waals surface area contributed by atoms with E-state index < -0.39 is 10.0 Å². The van der Waals surface area contributed by atoms with Gasteiger partial charge in [-0.15, -0.1) is 0 Å². The highest BCUT2D eigenvalue weighted by Crippen LogP contribution is 2.28. The normalized spacial score (nSPS) is 11.1. The molecule has 0 saturated heterocycles. The minimum Gasteiger partial charge on any atom is -0.439 e. The van der Waals surface area contributed by atoms with E-state index in [1.54, 1.807) is 54.9 Å². The van der Waals surface area contributed by atoms with Crippen molar-refractivity contribution in [1.82, 2.24) is 15.0 Å². The molecule has 0 atom stereocenters. The van der Waals surface area contributed by atoms with Gasteiger partial charge in [-0.2, -0.15) is 4.98 Å². The molecule has 0 aliphatic rings. The zero-order chi connectivity index (χ0) is 21.0. The topological polar surface area (TPSA) is 94.1 Å². The number of sulfonamides is 1. The Morgan fingerprint density at radius 1 is 0.900 bits per heavy atom. The number of aryl methyl sites for hydroxylation is 1. The van der Waals surface area contributed by atoms with Gasteiger partial charge in [-0.3, -0.25) is 4.98 Å². The largest absolute Gasteiger partial charge is 0.439 e. The Kier molecular flexibility index (Phi) is 5.40. The Morgan fingerprint density at radius 3 is 2.30 bits per heavy atom. The summed E-state index contributed by atoms with van der Waals surface area (Å²) in [6, 6.07) is 20.6. The average Bonchev–Trinajstić information content (AvgIpc) is 2.75. The van der Waals surface area contributed by atoms with Gasteiger partial charge < -0.3 is 4.74 Å². The molecule has 7 nitrogen and oxygen atoms in total. The summed E-state index contributed by atoms with van der Waals surface area (Å²) < 4.78 is 33.8. The number of anilines is 1. The van der Waals surface area contributed by atoms with Gasteiger partial charge in [0.15, 0.2) is 0 Å². The molecule has 0 fully saturated rings. The fourth-order valence-corrected chi connectivity index (χ4v) is 3.77. The fraction of sp³-hybridized carbons (Fsp3) is 0.0455. The van der Waals surface area contributed by atoms with E-state index in [1.165, 1.54) is 12.1 Å². The number of hydrogen-bond acceptors (Lipinski definition) is 6. The monoisotopic (exact) mass is 418 g/mol. The molecule has 2 heterocycles. The standard InChI is InChI=1S/C22H18N4O3S/c1-16-15-23-13-12-19(16)20-14-21(29-17-8-4-2-5-9-17)25-22(24-20)26-30(27,28)18-10-6-3-7-11-18/h2-15H,1H3,(H,24,25,26). The predicted octanol–water partition coefficient (Wildman–Crippen LogP) is 4.44. The summed E-state index contributed by atoms with van der Waals surface area (Å²) in [5, 5.41) is 0. The molecule has 0 bridgehead atoms. The van der Waals surface area contributed by atoms with Gasteiger partial charge in [0.2, 0.25) is 11.8 Å². The summed E-state index contributed by atoms with van der Waals surface area (Å²) in [4.78, 5) is 12.9. The quantitative estimate of drug-likeness (QED) is 0.497. The number of rotatable bonds is 6. The van der Waals surface area contributed by atoms with E-state index in [4.69, 9.17) is 4.74 Å². The van der Waals surface area contributed by atoms with Crippen molar-refractivity contribution in [1.29, 1.82) is 0 Å². The zero-order valence-corrected chi connectivity index (χ0v) is 16.9. The van der Waals surface area contributed by atoms with Crippen molar-refractivity contribution >= 4 is 16.0 Å². The Labute approximate surface area is 174 Å². The van der Waals surface area contributed by atoms with Crippen molar-refractivity contribution in [2.24, 2.45) is 0 Å². The second kappa shape index (κ2) is 8.30. The Morgan fingerprint density at radius 2 is 1.60 bits per heavy atom. The molecular formula is C22H18N4O3S. The van der Waals surface area contributed by atoms with E-state index >= 15 is 0 Å². The molecule has 150 valence electrons. The number of hydrogen-bond donors (Lipinski definition) is 1. The summed E-state index contributed by atoms with van der Waals surface area (Å²) in [5.74, 6) is 0.706. The van der Waals surface area contributed by atoms with Crippen LogP contribution in [0.2, 0.25) is 0 Å². The van der Waals surface area contributed by atoms with Crippen molar-refractivity contribution in [2.45, 2.75) is 11.8 Å². The van der Waals surface area contributed by atoms with Crippen LogP contribution < -0.4 is 9.46 Å². The third kappa shape index (κ3) is 4.44. The number of ether oxygens (including phenoxy) is 1. The van der Waals surface area contributed by atoms with E-state index in [0.717, 1.165) is 11.1 Å². The summed E-state index contributed by atoms with van der Waals surface area (Å²) in [6.45, 7) is 1.90. The van der Waals surface area contributed by atoms with Gasteiger partial charge in [0, 0.05) is 24.0 Å². The first-order valence-corrected chi connectivity index (χ1v) is 10.6. The summed E-state index contributed by atoms with van der Waals surface area (Å²) in [6.07, 6.45) is 3.36. The van der Waals surface area contributed by atoms with Gasteiger partial charge in [-0.05, 0) is 42.8 Å². The van der Waals surface area contributed by atoms with E-state index in [-0.39, 0.29) is 16.7 Å². The number of para-hydroxylation sites is 1. The summed E-state index contributed by atoms with van der Waals surface area (Å²) in [7, 11) is -3.85. The third-order valence-corrected chi connectivity index (χ3v) is 5.59. The van der Waals surface area contributed by atoms with Gasteiger partial charge in [0.25, 0.3) is 10.0 Å². The Hall–Kier alpha value is -3.78. The lowest BCUT2D eigenvalue weighted by atomic mass is 10.1. The molecule has 4 aromatic rings. The molecule has 0 spiro atoms. The predicted molar refractivity (Wildman–Crippen MR) is 114 cm³/mol. The molecule has 0 unspecified atom stereocenters. The minimum absolute atomic E-state index is 0.0847. The summed E-state index contributed by atoms with van der Waals surface area (Å²) in [5.41, 5.74) is 2.20. The van der Waals surface area contributed by atoms with Crippen molar-refractivity contribution < 1.29 is 13.2 Å². The maximum Gasteiger partial charge on any atom is 0.264 e. The van der Waals surface area contributed by atoms with Crippen LogP contribution in [0.4, 0.5) is 5.95 Å². The first kappa shape index (κ1) is 19.5. The number of benzene rings is 2. The van der Waals surface area contributed by atoms with Crippen LogP contribution >= 0.6 is 0 Å². The highest BCUT2D eigenvalue weighted by Gasteiger charge is 2.18. The van der Waals surface area contributed by atoms with Crippen LogP contribution in [0.1, 0.15) is 5.56 Å². The highest BCUT2D eigenvalue weighted by atomic mass is 32.2. The number of aromatic nitrogens is 3. The Balaban J connectivity index is 1.76. The van der Waals surface area contributed by atoms with Gasteiger partial charge in [0.05, 0.1) is 10.6 Å². The molecule has 2 aromatic heterocycles. The van der Waals surface area contributed by atoms with Gasteiger partial charge in [0.1, 0.15) is 5.75 Å². The van der Waals surface area contributed by atoms with E-state index in [0.29, 0.717) is 11.4 Å². The highest BCUT2D eigenvalue weighted by molar-refractivity contribution is 7.92. The van der Waals surface area contributed by atoms with Crippen LogP contribution in [0.25, 0.3) is 11.3 Å². The lowest BCUT2D eigenvalue weighted by Crippen LogP contribution is -2.15. The molecule has 0 aliphatic heterocycles. The van der Waals surface area contributed by atoms with Crippen LogP contribution in [-0.2, 0) is 10.0 Å². The molecule has 1 N–H and O–H groups in total. The molecule has 0 radical (unpaired) electrons. The third-order valence-electron chi connectivity index (χ3n) is 4.24. The SMILES string of the molecule is Cc1cnccc1-c1cc(Oc2ccccc2)nc(NS(=O)(=O)c2ccccc2)n1. The smallest absolute Gasteiger partial charge is 0.264 e. The van der Waals surface area contributed by atoms with Crippen LogP contribution in [0.15, 0.2) is 90.1 Å². The Bertz CT molecular complexity index is 1260. The van der Waals surface area contributed by atoms with Crippen LogP contribution in [0.3, 0.4) is 0 Å². The molecule has 2 aromatic carbocycles. The average molecular weight is 418 g/mol. The molecular weight excluding hydrogens is 400 g/mol. The fourth-order valence-electron chi connectivity index (χ4n) is 2.81. The molecule has 30 heavy (non-hydrogen) atoms. The van der Waals surface area contributed by atoms with Gasteiger partial charge >= 0.3 is 0 Å². The second-order valence-corrected chi connectivity index (χ2v) is 8.12. The van der Waals surface area contributed by atoms with Crippen molar-refractivity contribution in [3.63, 3.8) is 0 Å². The van der Waals surface area contributed by atoms with Crippen LogP contribution in [0, 0.1) is 6.92 Å². The maximum absolute atomic E-state index is 12.7. The molecule has 0 amide bonds. The van der Waals surface area contributed by atoms with E-state index in [2.05, 4.69) is 19.7 Å². The lowest BCUT2D eigenvalue weighted by molar-refractivity contribution is 0.463. The van der Waals surface area contributed by atoms with Gasteiger partial charge in [-0.25, -0.2) is 18.1 Å². The molecule has 4 rings (SSSR count). The number of pyridine rings is 1. The van der Waals surface area contributed by atoms with E-state index in [9.17, 15) is 8.42 Å². The second-order valence-electron chi connectivity index (χ2n) is 6.44. The molecule has 0 saturated carbocycles. The number of nitrogens with one attached hydrogen (secondary N) is 1. The zero-order valence-electron chi connectivity index (χ0n) is 16.1.